The lowest BCUT2D eigenvalue weighted by Crippen LogP contribution is -2.02. The van der Waals surface area contributed by atoms with Gasteiger partial charge in [0, 0.05) is 21.8 Å². The molecular weight excluding hydrogens is 340 g/mol. The van der Waals surface area contributed by atoms with Crippen LogP contribution in [0.4, 0.5) is 11.4 Å². The Morgan fingerprint density at radius 1 is 1.12 bits per heavy atom. The Bertz CT molecular complexity index is 898. The lowest BCUT2D eigenvalue weighted by Gasteiger charge is -2.10. The van der Waals surface area contributed by atoms with Crippen molar-refractivity contribution in [2.45, 2.75) is 20.8 Å². The third kappa shape index (κ3) is 3.35. The summed E-state index contributed by atoms with van der Waals surface area (Å²) in [7, 11) is 0. The number of anilines is 2. The highest BCUT2D eigenvalue weighted by molar-refractivity contribution is 7.13. The summed E-state index contributed by atoms with van der Waals surface area (Å²) in [5, 5.41) is 4.22. The number of carbonyl (C=O) groups excluding carboxylic acids is 1. The first kappa shape index (κ1) is 16.7. The molecule has 0 unspecified atom stereocenters. The molecule has 3 aromatic rings. The van der Waals surface area contributed by atoms with E-state index >= 15 is 0 Å². The monoisotopic (exact) mass is 356 g/mol. The van der Waals surface area contributed by atoms with E-state index in [1.165, 1.54) is 11.3 Å². The minimum absolute atomic E-state index is 0.136. The molecule has 122 valence electrons. The van der Waals surface area contributed by atoms with Crippen LogP contribution < -0.4 is 5.32 Å². The molecule has 3 nitrogen and oxygen atoms in total. The van der Waals surface area contributed by atoms with Crippen molar-refractivity contribution in [3.05, 3.63) is 74.2 Å². The van der Waals surface area contributed by atoms with Gasteiger partial charge in [0.1, 0.15) is 0 Å². The summed E-state index contributed by atoms with van der Waals surface area (Å²) >= 11 is 7.74. The number of thiazole rings is 1. The van der Waals surface area contributed by atoms with Gasteiger partial charge in [-0.25, -0.2) is 4.98 Å². The van der Waals surface area contributed by atoms with Crippen LogP contribution in [0.3, 0.4) is 0 Å². The Kier molecular flexibility index (Phi) is 4.69. The summed E-state index contributed by atoms with van der Waals surface area (Å²) in [5.74, 6) is -0.136. The SMILES string of the molecule is Cc1ccccc1Nc1ccc(C(=O)c2nc(C)c(C)s2)c(Cl)c1. The van der Waals surface area contributed by atoms with Crippen molar-refractivity contribution in [3.8, 4) is 0 Å². The molecule has 0 aliphatic carbocycles. The Morgan fingerprint density at radius 2 is 1.88 bits per heavy atom. The van der Waals surface area contributed by atoms with Gasteiger partial charge in [0.15, 0.2) is 5.01 Å². The molecule has 1 N–H and O–H groups in total. The average molecular weight is 357 g/mol. The van der Waals surface area contributed by atoms with Crippen LogP contribution in [0.15, 0.2) is 42.5 Å². The number of aromatic nitrogens is 1. The standard InChI is InChI=1S/C19H17ClN2OS/c1-11-6-4-5-7-17(11)22-14-8-9-15(16(20)10-14)18(23)19-21-12(2)13(3)24-19/h4-10,22H,1-3H3. The van der Waals surface area contributed by atoms with Gasteiger partial charge in [0.05, 0.1) is 10.7 Å². The quantitative estimate of drug-likeness (QED) is 0.610. The van der Waals surface area contributed by atoms with E-state index in [1.54, 1.807) is 12.1 Å². The third-order valence-electron chi connectivity index (χ3n) is 3.86. The summed E-state index contributed by atoms with van der Waals surface area (Å²) in [5.41, 5.74) is 4.36. The highest BCUT2D eigenvalue weighted by Crippen LogP contribution is 2.28. The lowest BCUT2D eigenvalue weighted by atomic mass is 10.1. The molecule has 0 aliphatic heterocycles. The number of rotatable bonds is 4. The van der Waals surface area contributed by atoms with Gasteiger partial charge < -0.3 is 5.32 Å². The van der Waals surface area contributed by atoms with E-state index in [2.05, 4.69) is 10.3 Å². The van der Waals surface area contributed by atoms with Crippen LogP contribution in [0.2, 0.25) is 5.02 Å². The van der Waals surface area contributed by atoms with Gasteiger partial charge in [0.2, 0.25) is 5.78 Å². The van der Waals surface area contributed by atoms with Crippen molar-refractivity contribution >= 4 is 40.1 Å². The molecular formula is C19H17ClN2OS. The van der Waals surface area contributed by atoms with Crippen molar-refractivity contribution in [1.82, 2.24) is 4.98 Å². The van der Waals surface area contributed by atoms with Crippen LogP contribution in [-0.2, 0) is 0 Å². The number of halogens is 1. The van der Waals surface area contributed by atoms with Crippen LogP contribution in [0.1, 0.15) is 31.5 Å². The second-order valence-corrected chi connectivity index (χ2v) is 7.23. The summed E-state index contributed by atoms with van der Waals surface area (Å²) in [6, 6.07) is 13.4. The molecule has 0 bridgehead atoms. The molecule has 0 fully saturated rings. The fourth-order valence-electron chi connectivity index (χ4n) is 2.33. The zero-order valence-corrected chi connectivity index (χ0v) is 15.3. The van der Waals surface area contributed by atoms with Crippen molar-refractivity contribution in [3.63, 3.8) is 0 Å². The first-order chi connectivity index (χ1) is 11.5. The van der Waals surface area contributed by atoms with Crippen LogP contribution >= 0.6 is 22.9 Å². The number of carbonyl (C=O) groups is 1. The lowest BCUT2D eigenvalue weighted by molar-refractivity contribution is 0.103. The zero-order valence-electron chi connectivity index (χ0n) is 13.7. The smallest absolute Gasteiger partial charge is 0.223 e. The normalized spacial score (nSPS) is 10.7. The third-order valence-corrected chi connectivity index (χ3v) is 5.24. The number of hydrogen-bond acceptors (Lipinski definition) is 4. The van der Waals surface area contributed by atoms with Gasteiger partial charge in [-0.2, -0.15) is 0 Å². The molecule has 5 heteroatoms. The minimum Gasteiger partial charge on any atom is -0.355 e. The summed E-state index contributed by atoms with van der Waals surface area (Å²) < 4.78 is 0. The zero-order chi connectivity index (χ0) is 17.3. The summed E-state index contributed by atoms with van der Waals surface area (Å²) in [6.07, 6.45) is 0. The Labute approximate surface area is 150 Å². The number of ketones is 1. The fourth-order valence-corrected chi connectivity index (χ4v) is 3.47. The van der Waals surface area contributed by atoms with E-state index in [0.29, 0.717) is 15.6 Å². The summed E-state index contributed by atoms with van der Waals surface area (Å²) in [6.45, 7) is 5.90. The van der Waals surface area contributed by atoms with Crippen molar-refractivity contribution in [2.24, 2.45) is 0 Å². The maximum absolute atomic E-state index is 12.6. The van der Waals surface area contributed by atoms with Crippen LogP contribution in [0.25, 0.3) is 0 Å². The Morgan fingerprint density at radius 3 is 2.50 bits per heavy atom. The highest BCUT2D eigenvalue weighted by Gasteiger charge is 2.18. The molecule has 0 amide bonds. The second-order valence-electron chi connectivity index (χ2n) is 5.62. The minimum atomic E-state index is -0.136. The number of hydrogen-bond donors (Lipinski definition) is 1. The van der Waals surface area contributed by atoms with Gasteiger partial charge >= 0.3 is 0 Å². The molecule has 0 saturated heterocycles. The Hall–Kier alpha value is -2.17. The number of nitrogens with one attached hydrogen (secondary N) is 1. The van der Waals surface area contributed by atoms with Gasteiger partial charge in [0.25, 0.3) is 0 Å². The van der Waals surface area contributed by atoms with Crippen LogP contribution in [0.5, 0.6) is 0 Å². The molecule has 0 aliphatic rings. The number of para-hydroxylation sites is 1. The second kappa shape index (κ2) is 6.75. The van der Waals surface area contributed by atoms with Crippen LogP contribution in [-0.4, -0.2) is 10.8 Å². The van der Waals surface area contributed by atoms with Gasteiger partial charge in [-0.3, -0.25) is 4.79 Å². The maximum atomic E-state index is 12.6. The number of benzene rings is 2. The van der Waals surface area contributed by atoms with E-state index in [-0.39, 0.29) is 5.78 Å². The van der Waals surface area contributed by atoms with Gasteiger partial charge in [-0.15, -0.1) is 11.3 Å². The molecule has 2 aromatic carbocycles. The number of aryl methyl sites for hydroxylation is 3. The predicted octanol–water partition coefficient (Wildman–Crippen LogP) is 5.70. The highest BCUT2D eigenvalue weighted by atomic mass is 35.5. The maximum Gasteiger partial charge on any atom is 0.223 e. The average Bonchev–Trinajstić information content (AvgIpc) is 2.89. The van der Waals surface area contributed by atoms with Gasteiger partial charge in [-0.05, 0) is 50.6 Å². The van der Waals surface area contributed by atoms with Crippen LogP contribution in [0, 0.1) is 20.8 Å². The molecule has 1 aromatic heterocycles. The van der Waals surface area contributed by atoms with E-state index < -0.39 is 0 Å². The Balaban J connectivity index is 1.87. The van der Waals surface area contributed by atoms with E-state index in [0.717, 1.165) is 27.5 Å². The summed E-state index contributed by atoms with van der Waals surface area (Å²) in [4.78, 5) is 18.0. The first-order valence-corrected chi connectivity index (χ1v) is 8.76. The molecule has 0 radical (unpaired) electrons. The van der Waals surface area contributed by atoms with Crippen molar-refractivity contribution in [2.75, 3.05) is 5.32 Å². The molecule has 1 heterocycles. The molecule has 0 atom stereocenters. The largest absolute Gasteiger partial charge is 0.355 e. The first-order valence-electron chi connectivity index (χ1n) is 7.56. The van der Waals surface area contributed by atoms with E-state index in [9.17, 15) is 4.79 Å². The van der Waals surface area contributed by atoms with E-state index in [1.807, 2.05) is 51.1 Å². The van der Waals surface area contributed by atoms with Crippen molar-refractivity contribution < 1.29 is 4.79 Å². The predicted molar refractivity (Wildman–Crippen MR) is 101 cm³/mol. The number of nitrogens with zero attached hydrogens (tertiary/aromatic N) is 1. The molecule has 24 heavy (non-hydrogen) atoms. The van der Waals surface area contributed by atoms with Gasteiger partial charge in [-0.1, -0.05) is 29.8 Å². The molecule has 3 rings (SSSR count). The topological polar surface area (TPSA) is 42.0 Å². The fraction of sp³-hybridized carbons (Fsp3) is 0.158. The van der Waals surface area contributed by atoms with Crippen molar-refractivity contribution in [1.29, 1.82) is 0 Å². The molecule has 0 saturated carbocycles. The van der Waals surface area contributed by atoms with E-state index in [4.69, 9.17) is 11.6 Å². The molecule has 0 spiro atoms.